The van der Waals surface area contributed by atoms with Crippen LogP contribution in [0, 0.1) is 0 Å². The van der Waals surface area contributed by atoms with Crippen molar-refractivity contribution in [2.75, 3.05) is 13.2 Å². The van der Waals surface area contributed by atoms with Crippen molar-refractivity contribution in [3.63, 3.8) is 0 Å². The maximum Gasteiger partial charge on any atom is 0.663 e. The highest BCUT2D eigenvalue weighted by molar-refractivity contribution is 6.25. The Morgan fingerprint density at radius 1 is 1.25 bits per heavy atom. The Kier molecular flexibility index (Phi) is 7.65. The lowest BCUT2D eigenvalue weighted by atomic mass is 10.4. The lowest BCUT2D eigenvalue weighted by Gasteiger charge is -2.05. The lowest BCUT2D eigenvalue weighted by molar-refractivity contribution is -0.143. The fourth-order valence-corrected chi connectivity index (χ4v) is 0.597. The first-order valence-corrected chi connectivity index (χ1v) is 4.65. The van der Waals surface area contributed by atoms with Crippen LogP contribution in [0.2, 0.25) is 0 Å². The van der Waals surface area contributed by atoms with Gasteiger partial charge in [0.2, 0.25) is 0 Å². The number of rotatable bonds is 6. The molecule has 0 aliphatic carbocycles. The van der Waals surface area contributed by atoms with Crippen molar-refractivity contribution in [1.82, 2.24) is 5.32 Å². The highest BCUT2D eigenvalue weighted by Crippen LogP contribution is 1.83. The van der Waals surface area contributed by atoms with Gasteiger partial charge >= 0.3 is 19.7 Å². The Bertz CT molecular complexity index is 257. The van der Waals surface area contributed by atoms with E-state index in [-0.39, 0.29) is 25.5 Å². The summed E-state index contributed by atoms with van der Waals surface area (Å²) in [7, 11) is 0.621. The Morgan fingerprint density at radius 2 is 1.94 bits per heavy atom. The quantitative estimate of drug-likeness (QED) is 0.384. The zero-order chi connectivity index (χ0) is 12.4. The summed E-state index contributed by atoms with van der Waals surface area (Å²) in [6.07, 6.45) is -0.515. The summed E-state index contributed by atoms with van der Waals surface area (Å²) in [6.45, 7) is 3.02. The molecule has 0 heterocycles. The minimum absolute atomic E-state index is 0.0648. The first-order valence-electron chi connectivity index (χ1n) is 4.65. The third kappa shape index (κ3) is 8.85. The van der Waals surface area contributed by atoms with Gasteiger partial charge in [0.25, 0.3) is 5.97 Å². The van der Waals surface area contributed by atoms with E-state index < -0.39 is 12.1 Å². The van der Waals surface area contributed by atoms with Gasteiger partial charge in [-0.2, -0.15) is 0 Å². The predicted octanol–water partition coefficient (Wildman–Crippen LogP) is -0.237. The molecule has 1 amide bonds. The topological polar surface area (TPSA) is 90.9 Å². The molecule has 89 valence electrons. The van der Waals surface area contributed by atoms with Gasteiger partial charge in [-0.25, -0.2) is 4.79 Å². The Labute approximate surface area is 93.7 Å². The summed E-state index contributed by atoms with van der Waals surface area (Å²) >= 11 is 0. The van der Waals surface area contributed by atoms with Crippen LogP contribution in [0.25, 0.3) is 0 Å². The fourth-order valence-electron chi connectivity index (χ4n) is 0.597. The molecule has 0 fully saturated rings. The fraction of sp³-hybridized carbons (Fsp3) is 0.625. The van der Waals surface area contributed by atoms with Crippen LogP contribution in [0.3, 0.4) is 0 Å². The van der Waals surface area contributed by atoms with Crippen molar-refractivity contribution in [3.05, 3.63) is 0 Å². The van der Waals surface area contributed by atoms with E-state index in [4.69, 9.17) is 0 Å². The molecule has 7 nitrogen and oxygen atoms in total. The van der Waals surface area contributed by atoms with E-state index in [0.717, 1.165) is 0 Å². The molecule has 0 aromatic rings. The van der Waals surface area contributed by atoms with Crippen LogP contribution in [-0.2, 0) is 23.6 Å². The van der Waals surface area contributed by atoms with E-state index in [1.165, 1.54) is 6.92 Å². The van der Waals surface area contributed by atoms with Crippen LogP contribution in [0.15, 0.2) is 0 Å². The summed E-state index contributed by atoms with van der Waals surface area (Å²) in [5.74, 6) is -0.939. The summed E-state index contributed by atoms with van der Waals surface area (Å²) in [6, 6.07) is 0. The summed E-state index contributed by atoms with van der Waals surface area (Å²) in [4.78, 5) is 31.8. The van der Waals surface area contributed by atoms with Crippen molar-refractivity contribution in [2.24, 2.45) is 0 Å². The van der Waals surface area contributed by atoms with Crippen molar-refractivity contribution < 1.29 is 28.4 Å². The maximum atomic E-state index is 10.8. The van der Waals surface area contributed by atoms with E-state index in [1.54, 1.807) is 6.92 Å². The highest BCUT2D eigenvalue weighted by atomic mass is 16.6. The predicted molar refractivity (Wildman–Crippen MR) is 53.3 cm³/mol. The number of carbonyl (C=O) groups excluding carboxylic acids is 3. The lowest BCUT2D eigenvalue weighted by Crippen LogP contribution is -2.30. The van der Waals surface area contributed by atoms with Crippen molar-refractivity contribution in [2.45, 2.75) is 20.3 Å². The number of esters is 1. The van der Waals surface area contributed by atoms with Gasteiger partial charge in [0, 0.05) is 13.3 Å². The number of nitrogens with one attached hydrogen (secondary N) is 1. The van der Waals surface area contributed by atoms with Gasteiger partial charge in [-0.05, 0) is 0 Å². The monoisotopic (exact) mass is 230 g/mol. The highest BCUT2D eigenvalue weighted by Gasteiger charge is 2.07. The van der Waals surface area contributed by atoms with Gasteiger partial charge in [-0.1, -0.05) is 6.92 Å². The molecule has 0 bridgehead atoms. The molecule has 0 rings (SSSR count). The SMILES string of the molecule is CCC(=O)OCCNC(=O)O[B]OC(C)=O. The summed E-state index contributed by atoms with van der Waals surface area (Å²) < 4.78 is 13.2. The second-order valence-corrected chi connectivity index (χ2v) is 2.61. The van der Waals surface area contributed by atoms with Crippen LogP contribution >= 0.6 is 0 Å². The smallest absolute Gasteiger partial charge is 0.500 e. The normalized spacial score (nSPS) is 8.88. The molecule has 8 heteroatoms. The zero-order valence-electron chi connectivity index (χ0n) is 9.15. The minimum atomic E-state index is -0.797. The first kappa shape index (κ1) is 14.3. The average Bonchev–Trinajstić information content (AvgIpc) is 2.23. The largest absolute Gasteiger partial charge is 0.663 e. The van der Waals surface area contributed by atoms with Crippen molar-refractivity contribution >= 4 is 25.7 Å². The summed E-state index contributed by atoms with van der Waals surface area (Å²) in [5, 5.41) is 2.27. The second-order valence-electron chi connectivity index (χ2n) is 2.61. The molecule has 0 aliphatic rings. The molecule has 0 saturated heterocycles. The molecule has 0 aromatic heterocycles. The molecular formula is C8H13BNO6. The van der Waals surface area contributed by atoms with Gasteiger partial charge < -0.3 is 19.4 Å². The van der Waals surface area contributed by atoms with Gasteiger partial charge in [0.05, 0.1) is 6.54 Å². The van der Waals surface area contributed by atoms with Crippen molar-refractivity contribution in [3.8, 4) is 0 Å². The molecule has 0 saturated carbocycles. The maximum absolute atomic E-state index is 10.8. The van der Waals surface area contributed by atoms with Crippen LogP contribution in [0.1, 0.15) is 20.3 Å². The molecule has 0 spiro atoms. The van der Waals surface area contributed by atoms with E-state index in [0.29, 0.717) is 7.69 Å². The van der Waals surface area contributed by atoms with Gasteiger partial charge in [0.1, 0.15) is 6.61 Å². The number of hydrogen-bond acceptors (Lipinski definition) is 6. The molecule has 1 N–H and O–H groups in total. The minimum Gasteiger partial charge on any atom is -0.500 e. The summed E-state index contributed by atoms with van der Waals surface area (Å²) in [5.41, 5.74) is 0. The van der Waals surface area contributed by atoms with E-state index in [9.17, 15) is 14.4 Å². The molecule has 0 unspecified atom stereocenters. The third-order valence-corrected chi connectivity index (χ3v) is 1.29. The van der Waals surface area contributed by atoms with E-state index >= 15 is 0 Å². The number of hydrogen-bond donors (Lipinski definition) is 1. The average molecular weight is 230 g/mol. The van der Waals surface area contributed by atoms with Crippen LogP contribution in [-0.4, -0.2) is 38.9 Å². The van der Waals surface area contributed by atoms with Crippen LogP contribution < -0.4 is 5.32 Å². The van der Waals surface area contributed by atoms with Gasteiger partial charge in [0.15, 0.2) is 0 Å². The number of carbonyl (C=O) groups is 3. The molecule has 0 atom stereocenters. The van der Waals surface area contributed by atoms with Crippen LogP contribution in [0.5, 0.6) is 0 Å². The molecular weight excluding hydrogens is 217 g/mol. The molecule has 0 aliphatic heterocycles. The van der Waals surface area contributed by atoms with E-state index in [1.807, 2.05) is 0 Å². The molecule has 1 radical (unpaired) electrons. The standard InChI is InChI=1S/C8H13BNO6/c1-3-7(12)14-5-4-10-8(13)16-9-15-6(2)11/h3-5H2,1-2H3,(H,10,13). The van der Waals surface area contributed by atoms with Crippen molar-refractivity contribution in [1.29, 1.82) is 0 Å². The Morgan fingerprint density at radius 3 is 2.50 bits per heavy atom. The Hall–Kier alpha value is -1.73. The second kappa shape index (κ2) is 8.57. The van der Waals surface area contributed by atoms with Gasteiger partial charge in [-0.3, -0.25) is 9.59 Å². The zero-order valence-corrected chi connectivity index (χ0v) is 9.15. The van der Waals surface area contributed by atoms with Gasteiger partial charge in [-0.15, -0.1) is 0 Å². The Balaban J connectivity index is 3.37. The first-order chi connectivity index (χ1) is 7.56. The van der Waals surface area contributed by atoms with Crippen LogP contribution in [0.4, 0.5) is 4.79 Å². The third-order valence-electron chi connectivity index (χ3n) is 1.29. The number of amides is 1. The molecule has 0 aromatic carbocycles. The number of ether oxygens (including phenoxy) is 1. The molecule has 16 heavy (non-hydrogen) atoms. The van der Waals surface area contributed by atoms with E-state index in [2.05, 4.69) is 19.4 Å².